The lowest BCUT2D eigenvalue weighted by Crippen LogP contribution is -2.27. The van der Waals surface area contributed by atoms with E-state index in [2.05, 4.69) is 19.2 Å². The summed E-state index contributed by atoms with van der Waals surface area (Å²) in [5.41, 5.74) is 3.09. The maximum absolute atomic E-state index is 12.3. The van der Waals surface area contributed by atoms with E-state index in [9.17, 15) is 9.59 Å². The summed E-state index contributed by atoms with van der Waals surface area (Å²) in [4.78, 5) is 24.5. The molecule has 1 aliphatic carbocycles. The molecule has 0 saturated carbocycles. The van der Waals surface area contributed by atoms with E-state index < -0.39 is 0 Å². The standard InChI is InChI=1S/C19H19NO2/c1-19(2)11-14-8-9-15(10-16(14)17(21)12-19)20-18(22)13-6-4-3-5-7-13/h3-10H,11-12H2,1-2H3,(H,20,22). The first-order chi connectivity index (χ1) is 10.4. The van der Waals surface area contributed by atoms with Crippen molar-refractivity contribution in [3.05, 3.63) is 65.2 Å². The zero-order valence-electron chi connectivity index (χ0n) is 12.8. The fraction of sp³-hybridized carbons (Fsp3) is 0.263. The average Bonchev–Trinajstić information content (AvgIpc) is 2.48. The molecule has 3 rings (SSSR count). The summed E-state index contributed by atoms with van der Waals surface area (Å²) < 4.78 is 0. The van der Waals surface area contributed by atoms with Crippen molar-refractivity contribution >= 4 is 17.4 Å². The smallest absolute Gasteiger partial charge is 0.255 e. The highest BCUT2D eigenvalue weighted by Gasteiger charge is 2.30. The van der Waals surface area contributed by atoms with E-state index in [-0.39, 0.29) is 17.1 Å². The summed E-state index contributed by atoms with van der Waals surface area (Å²) in [7, 11) is 0. The van der Waals surface area contributed by atoms with Gasteiger partial charge in [0, 0.05) is 23.2 Å². The van der Waals surface area contributed by atoms with Crippen LogP contribution in [0.25, 0.3) is 0 Å². The minimum absolute atomic E-state index is 0.0128. The lowest BCUT2D eigenvalue weighted by atomic mass is 9.74. The van der Waals surface area contributed by atoms with Gasteiger partial charge in [0.15, 0.2) is 5.78 Å². The Bertz CT molecular complexity index is 732. The Balaban J connectivity index is 1.84. The van der Waals surface area contributed by atoms with E-state index in [1.165, 1.54) is 0 Å². The first-order valence-electron chi connectivity index (χ1n) is 7.47. The molecule has 0 heterocycles. The van der Waals surface area contributed by atoms with Crippen molar-refractivity contribution in [1.82, 2.24) is 0 Å². The molecule has 0 bridgehead atoms. The zero-order chi connectivity index (χ0) is 15.7. The van der Waals surface area contributed by atoms with E-state index in [1.807, 2.05) is 30.3 Å². The SMILES string of the molecule is CC1(C)CC(=O)c2cc(NC(=O)c3ccccc3)ccc2C1. The van der Waals surface area contributed by atoms with Crippen LogP contribution in [0, 0.1) is 5.41 Å². The molecule has 0 aliphatic heterocycles. The number of ketones is 1. The van der Waals surface area contributed by atoms with Gasteiger partial charge in [-0.3, -0.25) is 9.59 Å². The van der Waals surface area contributed by atoms with Crippen molar-refractivity contribution in [2.45, 2.75) is 26.7 Å². The number of hydrogen-bond acceptors (Lipinski definition) is 2. The van der Waals surface area contributed by atoms with Crippen LogP contribution in [-0.4, -0.2) is 11.7 Å². The maximum Gasteiger partial charge on any atom is 0.255 e. The molecular formula is C19H19NO2. The van der Waals surface area contributed by atoms with Crippen molar-refractivity contribution in [2.75, 3.05) is 5.32 Å². The summed E-state index contributed by atoms with van der Waals surface area (Å²) in [6, 6.07) is 14.7. The van der Waals surface area contributed by atoms with Crippen LogP contribution < -0.4 is 5.32 Å². The van der Waals surface area contributed by atoms with E-state index in [0.29, 0.717) is 17.7 Å². The molecule has 112 valence electrons. The molecule has 2 aromatic carbocycles. The lowest BCUT2D eigenvalue weighted by molar-refractivity contribution is 0.0911. The predicted molar refractivity (Wildman–Crippen MR) is 87.3 cm³/mol. The second kappa shape index (κ2) is 5.41. The van der Waals surface area contributed by atoms with Gasteiger partial charge < -0.3 is 5.32 Å². The number of benzene rings is 2. The molecule has 0 fully saturated rings. The van der Waals surface area contributed by atoms with E-state index in [4.69, 9.17) is 0 Å². The Kier molecular flexibility index (Phi) is 3.57. The molecule has 22 heavy (non-hydrogen) atoms. The van der Waals surface area contributed by atoms with Crippen LogP contribution in [0.3, 0.4) is 0 Å². The lowest BCUT2D eigenvalue weighted by Gasteiger charge is -2.30. The van der Waals surface area contributed by atoms with E-state index in [1.54, 1.807) is 18.2 Å². The summed E-state index contributed by atoms with van der Waals surface area (Å²) in [5.74, 6) is -0.00815. The van der Waals surface area contributed by atoms with Crippen LogP contribution in [0.2, 0.25) is 0 Å². The van der Waals surface area contributed by atoms with Gasteiger partial charge in [-0.05, 0) is 41.7 Å². The molecule has 3 nitrogen and oxygen atoms in total. The third-order valence-corrected chi connectivity index (χ3v) is 4.01. The number of amides is 1. The Morgan fingerprint density at radius 1 is 1.05 bits per heavy atom. The summed E-state index contributed by atoms with van der Waals surface area (Å²) in [6.07, 6.45) is 1.44. The minimum Gasteiger partial charge on any atom is -0.322 e. The van der Waals surface area contributed by atoms with Crippen molar-refractivity contribution in [2.24, 2.45) is 5.41 Å². The van der Waals surface area contributed by atoms with Gasteiger partial charge >= 0.3 is 0 Å². The number of carbonyl (C=O) groups excluding carboxylic acids is 2. The van der Waals surface area contributed by atoms with Crippen molar-refractivity contribution < 1.29 is 9.59 Å². The molecule has 1 N–H and O–H groups in total. The van der Waals surface area contributed by atoms with Gasteiger partial charge in [0.1, 0.15) is 0 Å². The van der Waals surface area contributed by atoms with Crippen LogP contribution in [0.1, 0.15) is 46.5 Å². The largest absolute Gasteiger partial charge is 0.322 e. The van der Waals surface area contributed by atoms with Gasteiger partial charge in [0.05, 0.1) is 0 Å². The molecule has 3 heteroatoms. The topological polar surface area (TPSA) is 46.2 Å². The van der Waals surface area contributed by atoms with Crippen LogP contribution in [0.15, 0.2) is 48.5 Å². The second-order valence-corrected chi connectivity index (χ2v) is 6.63. The van der Waals surface area contributed by atoms with Crippen LogP contribution in [-0.2, 0) is 6.42 Å². The number of rotatable bonds is 2. The normalized spacial score (nSPS) is 16.0. The van der Waals surface area contributed by atoms with Crippen LogP contribution in [0.5, 0.6) is 0 Å². The quantitative estimate of drug-likeness (QED) is 0.906. The minimum atomic E-state index is -0.163. The Labute approximate surface area is 130 Å². The molecule has 1 amide bonds. The molecule has 0 radical (unpaired) electrons. The third kappa shape index (κ3) is 2.93. The van der Waals surface area contributed by atoms with E-state index >= 15 is 0 Å². The first kappa shape index (κ1) is 14.5. The monoisotopic (exact) mass is 293 g/mol. The van der Waals surface area contributed by atoms with Crippen LogP contribution >= 0.6 is 0 Å². The molecule has 0 atom stereocenters. The Hall–Kier alpha value is -2.42. The third-order valence-electron chi connectivity index (χ3n) is 4.01. The number of fused-ring (bicyclic) bond motifs is 1. The number of carbonyl (C=O) groups is 2. The fourth-order valence-electron chi connectivity index (χ4n) is 2.97. The molecule has 1 aliphatic rings. The van der Waals surface area contributed by atoms with Gasteiger partial charge in [0.2, 0.25) is 0 Å². The number of hydrogen-bond donors (Lipinski definition) is 1. The maximum atomic E-state index is 12.3. The highest BCUT2D eigenvalue weighted by molar-refractivity contribution is 6.05. The Morgan fingerprint density at radius 3 is 2.50 bits per heavy atom. The Morgan fingerprint density at radius 2 is 1.77 bits per heavy atom. The molecule has 0 spiro atoms. The molecule has 0 saturated heterocycles. The van der Waals surface area contributed by atoms with Gasteiger partial charge in [-0.1, -0.05) is 38.1 Å². The van der Waals surface area contributed by atoms with Crippen LogP contribution in [0.4, 0.5) is 5.69 Å². The number of nitrogens with one attached hydrogen (secondary N) is 1. The fourth-order valence-corrected chi connectivity index (χ4v) is 2.97. The highest BCUT2D eigenvalue weighted by atomic mass is 16.1. The van der Waals surface area contributed by atoms with Gasteiger partial charge in [0.25, 0.3) is 5.91 Å². The molecule has 2 aromatic rings. The van der Waals surface area contributed by atoms with Gasteiger partial charge in [-0.2, -0.15) is 0 Å². The summed E-state index contributed by atoms with van der Waals surface area (Å²) >= 11 is 0. The van der Waals surface area contributed by atoms with E-state index in [0.717, 1.165) is 17.5 Å². The number of anilines is 1. The average molecular weight is 293 g/mol. The predicted octanol–water partition coefficient (Wildman–Crippen LogP) is 4.09. The first-order valence-corrected chi connectivity index (χ1v) is 7.47. The van der Waals surface area contributed by atoms with Crippen molar-refractivity contribution in [1.29, 1.82) is 0 Å². The second-order valence-electron chi connectivity index (χ2n) is 6.63. The summed E-state index contributed by atoms with van der Waals surface area (Å²) in [5, 5.41) is 2.86. The zero-order valence-corrected chi connectivity index (χ0v) is 12.8. The van der Waals surface area contributed by atoms with Gasteiger partial charge in [-0.25, -0.2) is 0 Å². The summed E-state index contributed by atoms with van der Waals surface area (Å²) in [6.45, 7) is 4.22. The van der Waals surface area contributed by atoms with Gasteiger partial charge in [-0.15, -0.1) is 0 Å². The van der Waals surface area contributed by atoms with Crippen molar-refractivity contribution in [3.8, 4) is 0 Å². The van der Waals surface area contributed by atoms with Crippen molar-refractivity contribution in [3.63, 3.8) is 0 Å². The molecular weight excluding hydrogens is 274 g/mol. The number of Topliss-reactive ketones (excluding diaryl/α,β-unsaturated/α-hetero) is 1. The molecule has 0 unspecified atom stereocenters. The highest BCUT2D eigenvalue weighted by Crippen LogP contribution is 2.35. The molecule has 0 aromatic heterocycles.